The fourth-order valence-electron chi connectivity index (χ4n) is 7.00. The van der Waals surface area contributed by atoms with Gasteiger partial charge in [-0.1, -0.05) is 113 Å². The Kier molecular flexibility index (Phi) is 13.3. The summed E-state index contributed by atoms with van der Waals surface area (Å²) >= 11 is 0. The van der Waals surface area contributed by atoms with Gasteiger partial charge in [-0.05, 0) is 85.8 Å². The van der Waals surface area contributed by atoms with E-state index >= 15 is 0 Å². The van der Waals surface area contributed by atoms with Crippen LogP contribution in [-0.2, 0) is 14.0 Å². The normalized spacial score (nSPS) is 19.9. The van der Waals surface area contributed by atoms with Gasteiger partial charge in [-0.15, -0.1) is 0 Å². The van der Waals surface area contributed by atoms with Crippen LogP contribution >= 0.6 is 0 Å². The fourth-order valence-corrected chi connectivity index (χ4v) is 8.42. The van der Waals surface area contributed by atoms with E-state index < -0.39 is 14.3 Å². The lowest BCUT2D eigenvalue weighted by molar-refractivity contribution is -0.137. The molecule has 5 nitrogen and oxygen atoms in total. The molecule has 6 heteroatoms. The number of unbranched alkanes of at least 4 members (excludes halogenated alkanes) is 3. The van der Waals surface area contributed by atoms with Gasteiger partial charge in [-0.2, -0.15) is 0 Å². The molecule has 0 spiro atoms. The molecule has 3 atom stereocenters. The van der Waals surface area contributed by atoms with Crippen LogP contribution < -0.4 is 0 Å². The summed E-state index contributed by atoms with van der Waals surface area (Å²) in [5.41, 5.74) is 4.21. The predicted octanol–water partition coefficient (Wildman–Crippen LogP) is 11.0. The Labute approximate surface area is 279 Å². The number of carbonyl (C=O) groups is 2. The van der Waals surface area contributed by atoms with Crippen LogP contribution in [0, 0.1) is 11.8 Å². The average molecular weight is 647 g/mol. The smallest absolute Gasteiger partial charge is 0.338 e. The second-order valence-electron chi connectivity index (χ2n) is 15.2. The molecule has 2 aliphatic carbocycles. The number of hydrogen-bond acceptors (Lipinski definition) is 4. The quantitative estimate of drug-likeness (QED) is 0.0850. The summed E-state index contributed by atoms with van der Waals surface area (Å²) in [4.78, 5) is 24.3. The minimum atomic E-state index is -1.92. The number of aliphatic carboxylic acids is 1. The Bertz CT molecular complexity index is 1270. The highest BCUT2D eigenvalue weighted by atomic mass is 28.4. The highest BCUT2D eigenvalue weighted by Gasteiger charge is 2.41. The second kappa shape index (κ2) is 16.9. The summed E-state index contributed by atoms with van der Waals surface area (Å²) in [5.74, 6) is -0.152. The van der Waals surface area contributed by atoms with E-state index in [1.807, 2.05) is 42.5 Å². The summed E-state index contributed by atoms with van der Waals surface area (Å²) in [5, 5.41) is 9.19. The molecule has 0 heterocycles. The summed E-state index contributed by atoms with van der Waals surface area (Å²) in [7, 11) is -1.92. The molecule has 2 aromatic carbocycles. The summed E-state index contributed by atoms with van der Waals surface area (Å²) in [6.07, 6.45) is 16.5. The molecule has 0 unspecified atom stereocenters. The first kappa shape index (κ1) is 36.1. The van der Waals surface area contributed by atoms with Gasteiger partial charge in [0.05, 0.1) is 5.56 Å². The van der Waals surface area contributed by atoms with Gasteiger partial charge in [-0.3, -0.25) is 4.79 Å². The largest absolute Gasteiger partial charge is 0.481 e. The number of carboxylic acids is 1. The van der Waals surface area contributed by atoms with Gasteiger partial charge in [-0.25, -0.2) is 4.79 Å². The minimum absolute atomic E-state index is 0.162. The third-order valence-electron chi connectivity index (χ3n) is 10.8. The van der Waals surface area contributed by atoms with Crippen LogP contribution in [0.1, 0.15) is 121 Å². The molecule has 0 saturated heterocycles. The molecule has 4 rings (SSSR count). The monoisotopic (exact) mass is 646 g/mol. The van der Waals surface area contributed by atoms with Crippen molar-refractivity contribution in [3.05, 3.63) is 71.8 Å². The number of hydrogen-bond donors (Lipinski definition) is 1. The van der Waals surface area contributed by atoms with Gasteiger partial charge >= 0.3 is 11.9 Å². The Morgan fingerprint density at radius 3 is 2.20 bits per heavy atom. The maximum atomic E-state index is 13.4. The van der Waals surface area contributed by atoms with Crippen molar-refractivity contribution in [2.75, 3.05) is 0 Å². The van der Waals surface area contributed by atoms with Crippen molar-refractivity contribution in [3.8, 4) is 11.1 Å². The number of carbonyl (C=O) groups excluding carboxylic acids is 1. The van der Waals surface area contributed by atoms with Crippen LogP contribution in [0.15, 0.2) is 66.2 Å². The van der Waals surface area contributed by atoms with E-state index in [9.17, 15) is 9.59 Å². The first-order chi connectivity index (χ1) is 21.9. The topological polar surface area (TPSA) is 72.8 Å². The van der Waals surface area contributed by atoms with Crippen molar-refractivity contribution in [2.45, 2.75) is 141 Å². The van der Waals surface area contributed by atoms with Crippen LogP contribution in [0.25, 0.3) is 11.1 Å². The zero-order valence-electron chi connectivity index (χ0n) is 29.1. The van der Waals surface area contributed by atoms with Gasteiger partial charge in [0.25, 0.3) is 0 Å². The highest BCUT2D eigenvalue weighted by Crippen LogP contribution is 2.42. The Morgan fingerprint density at radius 1 is 0.891 bits per heavy atom. The number of benzene rings is 2. The lowest BCUT2D eigenvalue weighted by Gasteiger charge is -2.42. The number of ether oxygens (including phenoxy) is 1. The fraction of sp³-hybridized carbons (Fsp3) is 0.600. The van der Waals surface area contributed by atoms with Crippen LogP contribution in [0.5, 0.6) is 0 Å². The molecule has 0 bridgehead atoms. The molecule has 46 heavy (non-hydrogen) atoms. The van der Waals surface area contributed by atoms with Crippen LogP contribution in [0.2, 0.25) is 18.1 Å². The minimum Gasteiger partial charge on any atom is -0.481 e. The van der Waals surface area contributed by atoms with E-state index in [4.69, 9.17) is 14.3 Å². The zero-order chi connectivity index (χ0) is 33.2. The van der Waals surface area contributed by atoms with Crippen molar-refractivity contribution in [1.82, 2.24) is 0 Å². The summed E-state index contributed by atoms with van der Waals surface area (Å²) in [6, 6.07) is 17.9. The van der Waals surface area contributed by atoms with Crippen molar-refractivity contribution < 1.29 is 23.9 Å². The van der Waals surface area contributed by atoms with E-state index in [2.05, 4.69) is 52.1 Å². The molecule has 0 aromatic heterocycles. The van der Waals surface area contributed by atoms with Crippen molar-refractivity contribution >= 4 is 20.3 Å². The molecular formula is C40H58O5Si. The third-order valence-corrected chi connectivity index (χ3v) is 15.3. The maximum Gasteiger partial charge on any atom is 0.338 e. The standard InChI is InChI=1S/C40H58O5Si/c1-40(2,3)46(4,5)45-36(33-18-12-9-13-19-33)28-26-32-27-29-37(35(32)20-14-6-7-15-21-38(41)42)44-39(43)34-24-22-31(23-25-34)30-16-10-8-11-17-30/h8,10-11,16-17,22-25,27,33,35-37H,6-7,9,12-15,18-21,26,28-29H2,1-5H3,(H,41,42)/t35-,36-,37+/m1/s1. The van der Waals surface area contributed by atoms with Gasteiger partial charge in [0.2, 0.25) is 0 Å². The van der Waals surface area contributed by atoms with E-state index in [1.54, 1.807) is 0 Å². The van der Waals surface area contributed by atoms with Crippen LogP contribution in [0.4, 0.5) is 0 Å². The SMILES string of the molecule is CC(C)(C)[Si](C)(C)O[C@H](CCC1=CC[C@H](OC(=O)c2ccc(-c3ccccc3)cc2)[C@@H]1CCCCCCC(=O)O)C1CCCCC1. The van der Waals surface area contributed by atoms with E-state index in [-0.39, 0.29) is 35.6 Å². The van der Waals surface area contributed by atoms with Gasteiger partial charge in [0, 0.05) is 24.9 Å². The molecule has 0 amide bonds. The number of carboxylic acid groups (broad SMARTS) is 1. The summed E-state index contributed by atoms with van der Waals surface area (Å²) < 4.78 is 13.4. The van der Waals surface area contributed by atoms with Crippen molar-refractivity contribution in [2.24, 2.45) is 11.8 Å². The highest BCUT2D eigenvalue weighted by molar-refractivity contribution is 6.74. The van der Waals surface area contributed by atoms with Crippen LogP contribution in [-0.4, -0.2) is 37.6 Å². The average Bonchev–Trinajstić information content (AvgIpc) is 3.41. The number of rotatable bonds is 16. The van der Waals surface area contributed by atoms with Crippen molar-refractivity contribution in [1.29, 1.82) is 0 Å². The van der Waals surface area contributed by atoms with Gasteiger partial charge in [0.15, 0.2) is 8.32 Å². The summed E-state index contributed by atoms with van der Waals surface area (Å²) in [6.45, 7) is 11.8. The Morgan fingerprint density at radius 2 is 1.54 bits per heavy atom. The van der Waals surface area contributed by atoms with E-state index in [0.717, 1.165) is 56.1 Å². The maximum absolute atomic E-state index is 13.4. The molecule has 0 radical (unpaired) electrons. The van der Waals surface area contributed by atoms with Crippen LogP contribution in [0.3, 0.4) is 0 Å². The molecule has 0 aliphatic heterocycles. The second-order valence-corrected chi connectivity index (χ2v) is 20.0. The third kappa shape index (κ3) is 10.4. The lowest BCUT2D eigenvalue weighted by Crippen LogP contribution is -2.46. The number of esters is 1. The molecule has 2 aromatic rings. The molecule has 1 fully saturated rings. The first-order valence-corrected chi connectivity index (χ1v) is 20.8. The first-order valence-electron chi connectivity index (χ1n) is 17.9. The molecule has 1 N–H and O–H groups in total. The Hall–Kier alpha value is -2.70. The van der Waals surface area contributed by atoms with Crippen molar-refractivity contribution in [3.63, 3.8) is 0 Å². The van der Waals surface area contributed by atoms with Gasteiger partial charge in [0.1, 0.15) is 6.10 Å². The van der Waals surface area contributed by atoms with Gasteiger partial charge < -0.3 is 14.3 Å². The molecular weight excluding hydrogens is 589 g/mol. The molecule has 252 valence electrons. The van der Waals surface area contributed by atoms with E-state index in [0.29, 0.717) is 17.9 Å². The lowest BCUT2D eigenvalue weighted by atomic mass is 9.82. The molecule has 1 saturated carbocycles. The van der Waals surface area contributed by atoms with E-state index in [1.165, 1.54) is 37.7 Å². The zero-order valence-corrected chi connectivity index (χ0v) is 30.1. The Balaban J connectivity index is 1.43. The predicted molar refractivity (Wildman–Crippen MR) is 190 cm³/mol. The molecule has 2 aliphatic rings.